The number of carbonyl (C=O) groups excluding carboxylic acids is 2. The smallest absolute Gasteiger partial charge is 0.228 e. The summed E-state index contributed by atoms with van der Waals surface area (Å²) in [6, 6.07) is 14.0. The maximum atomic E-state index is 12.3. The van der Waals surface area contributed by atoms with Gasteiger partial charge in [-0.2, -0.15) is 0 Å². The van der Waals surface area contributed by atoms with Crippen molar-refractivity contribution in [1.29, 1.82) is 0 Å². The standard InChI is InChI=1S/C19H24N2O2/c1-19(2,3)18(23)20-12-11-17(22)21(4)16-10-9-14-7-5-6-8-15(14)13-16/h5-10,13H,11-12H2,1-4H3,(H,20,23). The highest BCUT2D eigenvalue weighted by Crippen LogP contribution is 2.21. The predicted molar refractivity (Wildman–Crippen MR) is 94.4 cm³/mol. The van der Waals surface area contributed by atoms with Crippen LogP contribution in [0.3, 0.4) is 0 Å². The van der Waals surface area contributed by atoms with Crippen LogP contribution in [0.1, 0.15) is 27.2 Å². The second-order valence-electron chi connectivity index (χ2n) is 6.74. The Bertz CT molecular complexity index is 717. The number of anilines is 1. The van der Waals surface area contributed by atoms with E-state index in [-0.39, 0.29) is 18.2 Å². The maximum Gasteiger partial charge on any atom is 0.228 e. The number of hydrogen-bond acceptors (Lipinski definition) is 2. The summed E-state index contributed by atoms with van der Waals surface area (Å²) in [7, 11) is 1.76. The number of hydrogen-bond donors (Lipinski definition) is 1. The lowest BCUT2D eigenvalue weighted by Gasteiger charge is -2.20. The first kappa shape index (κ1) is 17.0. The molecule has 0 aliphatic carbocycles. The van der Waals surface area contributed by atoms with Gasteiger partial charge in [0.1, 0.15) is 0 Å². The van der Waals surface area contributed by atoms with E-state index in [4.69, 9.17) is 0 Å². The van der Waals surface area contributed by atoms with Crippen LogP contribution in [-0.2, 0) is 9.59 Å². The van der Waals surface area contributed by atoms with E-state index in [9.17, 15) is 9.59 Å². The van der Waals surface area contributed by atoms with Crippen LogP contribution in [0.5, 0.6) is 0 Å². The molecule has 0 heterocycles. The third-order valence-corrected chi connectivity index (χ3v) is 3.80. The minimum atomic E-state index is -0.437. The molecule has 0 saturated carbocycles. The predicted octanol–water partition coefficient (Wildman–Crippen LogP) is 3.36. The SMILES string of the molecule is CN(C(=O)CCNC(=O)C(C)(C)C)c1ccc2ccccc2c1. The molecule has 0 aliphatic heterocycles. The fourth-order valence-electron chi connectivity index (χ4n) is 2.25. The van der Waals surface area contributed by atoms with Crippen LogP contribution in [-0.4, -0.2) is 25.4 Å². The lowest BCUT2D eigenvalue weighted by Crippen LogP contribution is -2.37. The Labute approximate surface area is 137 Å². The van der Waals surface area contributed by atoms with Crippen molar-refractivity contribution in [3.63, 3.8) is 0 Å². The molecule has 2 rings (SSSR count). The Balaban J connectivity index is 1.97. The van der Waals surface area contributed by atoms with Crippen molar-refractivity contribution in [2.45, 2.75) is 27.2 Å². The Morgan fingerprint density at radius 2 is 1.70 bits per heavy atom. The molecule has 122 valence electrons. The van der Waals surface area contributed by atoms with E-state index in [2.05, 4.69) is 5.32 Å². The monoisotopic (exact) mass is 312 g/mol. The highest BCUT2D eigenvalue weighted by molar-refractivity contribution is 5.96. The third-order valence-electron chi connectivity index (χ3n) is 3.80. The molecule has 2 amide bonds. The molecule has 4 nitrogen and oxygen atoms in total. The first-order chi connectivity index (χ1) is 10.8. The number of amides is 2. The van der Waals surface area contributed by atoms with Crippen molar-refractivity contribution in [3.8, 4) is 0 Å². The average molecular weight is 312 g/mol. The number of carbonyl (C=O) groups is 2. The molecule has 2 aromatic rings. The lowest BCUT2D eigenvalue weighted by atomic mass is 9.96. The van der Waals surface area contributed by atoms with Gasteiger partial charge in [0, 0.05) is 31.1 Å². The average Bonchev–Trinajstić information content (AvgIpc) is 2.52. The van der Waals surface area contributed by atoms with Crippen molar-refractivity contribution < 1.29 is 9.59 Å². The van der Waals surface area contributed by atoms with E-state index in [1.165, 1.54) is 0 Å². The van der Waals surface area contributed by atoms with Crippen molar-refractivity contribution in [2.75, 3.05) is 18.5 Å². The summed E-state index contributed by atoms with van der Waals surface area (Å²) >= 11 is 0. The van der Waals surface area contributed by atoms with Gasteiger partial charge >= 0.3 is 0 Å². The molecule has 0 spiro atoms. The Kier molecular flexibility index (Phi) is 5.04. The molecule has 0 bridgehead atoms. The third kappa shape index (κ3) is 4.31. The van der Waals surface area contributed by atoms with Crippen LogP contribution >= 0.6 is 0 Å². The van der Waals surface area contributed by atoms with E-state index < -0.39 is 5.41 Å². The zero-order chi connectivity index (χ0) is 17.0. The molecule has 0 radical (unpaired) electrons. The summed E-state index contributed by atoms with van der Waals surface area (Å²) in [4.78, 5) is 25.7. The highest BCUT2D eigenvalue weighted by atomic mass is 16.2. The van der Waals surface area contributed by atoms with E-state index in [0.717, 1.165) is 16.5 Å². The molecule has 0 unspecified atom stereocenters. The largest absolute Gasteiger partial charge is 0.355 e. The summed E-state index contributed by atoms with van der Waals surface area (Å²) in [5, 5.41) is 5.05. The van der Waals surface area contributed by atoms with Crippen LogP contribution in [0.25, 0.3) is 10.8 Å². The van der Waals surface area contributed by atoms with E-state index >= 15 is 0 Å². The zero-order valence-corrected chi connectivity index (χ0v) is 14.2. The summed E-state index contributed by atoms with van der Waals surface area (Å²) in [6.45, 7) is 5.91. The van der Waals surface area contributed by atoms with Crippen molar-refractivity contribution >= 4 is 28.3 Å². The van der Waals surface area contributed by atoms with Crippen LogP contribution in [0.4, 0.5) is 5.69 Å². The number of fused-ring (bicyclic) bond motifs is 1. The lowest BCUT2D eigenvalue weighted by molar-refractivity contribution is -0.128. The number of nitrogens with one attached hydrogen (secondary N) is 1. The molecule has 0 aliphatic rings. The molecule has 0 aromatic heterocycles. The molecule has 0 saturated heterocycles. The Morgan fingerprint density at radius 1 is 1.04 bits per heavy atom. The van der Waals surface area contributed by atoms with E-state index in [1.54, 1.807) is 11.9 Å². The normalized spacial score (nSPS) is 11.3. The maximum absolute atomic E-state index is 12.3. The van der Waals surface area contributed by atoms with Crippen LogP contribution in [0, 0.1) is 5.41 Å². The van der Waals surface area contributed by atoms with Gasteiger partial charge in [-0.1, -0.05) is 51.1 Å². The van der Waals surface area contributed by atoms with Crippen LogP contribution in [0.15, 0.2) is 42.5 Å². The fourth-order valence-corrected chi connectivity index (χ4v) is 2.25. The van der Waals surface area contributed by atoms with Gasteiger partial charge in [0.25, 0.3) is 0 Å². The van der Waals surface area contributed by atoms with Gasteiger partial charge < -0.3 is 10.2 Å². The first-order valence-corrected chi connectivity index (χ1v) is 7.83. The number of rotatable bonds is 4. The van der Waals surface area contributed by atoms with Gasteiger partial charge in [-0.3, -0.25) is 9.59 Å². The highest BCUT2D eigenvalue weighted by Gasteiger charge is 2.21. The van der Waals surface area contributed by atoms with Gasteiger partial charge in [-0.25, -0.2) is 0 Å². The van der Waals surface area contributed by atoms with Gasteiger partial charge in [-0.15, -0.1) is 0 Å². The second kappa shape index (κ2) is 6.82. The van der Waals surface area contributed by atoms with Gasteiger partial charge in [-0.05, 0) is 22.9 Å². The quantitative estimate of drug-likeness (QED) is 0.941. The minimum absolute atomic E-state index is 0.0190. The Hall–Kier alpha value is -2.36. The minimum Gasteiger partial charge on any atom is -0.355 e. The molecule has 4 heteroatoms. The topological polar surface area (TPSA) is 49.4 Å². The van der Waals surface area contributed by atoms with Crippen LogP contribution < -0.4 is 10.2 Å². The van der Waals surface area contributed by atoms with Crippen LogP contribution in [0.2, 0.25) is 0 Å². The van der Waals surface area contributed by atoms with Gasteiger partial charge in [0.15, 0.2) is 0 Å². The Morgan fingerprint density at radius 3 is 2.35 bits per heavy atom. The van der Waals surface area contributed by atoms with E-state index in [1.807, 2.05) is 63.2 Å². The molecule has 0 fully saturated rings. The summed E-state index contributed by atoms with van der Waals surface area (Å²) in [5.41, 5.74) is 0.420. The number of nitrogens with zero attached hydrogens (tertiary/aromatic N) is 1. The summed E-state index contributed by atoms with van der Waals surface area (Å²) in [5.74, 6) is -0.0619. The van der Waals surface area contributed by atoms with Gasteiger partial charge in [0.05, 0.1) is 0 Å². The zero-order valence-electron chi connectivity index (χ0n) is 14.2. The van der Waals surface area contributed by atoms with Crippen molar-refractivity contribution in [3.05, 3.63) is 42.5 Å². The van der Waals surface area contributed by atoms with Crippen molar-refractivity contribution in [2.24, 2.45) is 5.41 Å². The molecule has 2 aromatic carbocycles. The first-order valence-electron chi connectivity index (χ1n) is 7.83. The fraction of sp³-hybridized carbons (Fsp3) is 0.368. The molecule has 1 N–H and O–H groups in total. The summed E-state index contributed by atoms with van der Waals surface area (Å²) < 4.78 is 0. The second-order valence-corrected chi connectivity index (χ2v) is 6.74. The molecule has 0 atom stereocenters. The molecular weight excluding hydrogens is 288 g/mol. The molecular formula is C19H24N2O2. The van der Waals surface area contributed by atoms with E-state index in [0.29, 0.717) is 6.54 Å². The number of benzene rings is 2. The van der Waals surface area contributed by atoms with Gasteiger partial charge in [0.2, 0.25) is 11.8 Å². The van der Waals surface area contributed by atoms with Crippen molar-refractivity contribution in [1.82, 2.24) is 5.32 Å². The molecule has 23 heavy (non-hydrogen) atoms. The summed E-state index contributed by atoms with van der Waals surface area (Å²) in [6.07, 6.45) is 0.283.